The minimum atomic E-state index is -1.04. The van der Waals surface area contributed by atoms with E-state index < -0.39 is 11.6 Å². The molecule has 0 bridgehead atoms. The predicted molar refractivity (Wildman–Crippen MR) is 89.1 cm³/mol. The van der Waals surface area contributed by atoms with Crippen molar-refractivity contribution in [1.82, 2.24) is 0 Å². The normalized spacial score (nSPS) is 10.5. The van der Waals surface area contributed by atoms with Gasteiger partial charge in [0.2, 0.25) is 0 Å². The summed E-state index contributed by atoms with van der Waals surface area (Å²) in [6.45, 7) is 3.85. The number of anilines is 2. The van der Waals surface area contributed by atoms with E-state index >= 15 is 0 Å². The van der Waals surface area contributed by atoms with Crippen molar-refractivity contribution < 1.29 is 8.78 Å². The van der Waals surface area contributed by atoms with Gasteiger partial charge in [0.15, 0.2) is 11.6 Å². The molecule has 2 rings (SSSR count). The van der Waals surface area contributed by atoms with Gasteiger partial charge in [0.05, 0.1) is 5.69 Å². The lowest BCUT2D eigenvalue weighted by atomic mass is 10.1. The van der Waals surface area contributed by atoms with Gasteiger partial charge in [-0.15, -0.1) is 0 Å². The number of hydrogen-bond acceptors (Lipinski definition) is 2. The average Bonchev–Trinajstić information content (AvgIpc) is 2.41. The Hall–Kier alpha value is -1.53. The number of nitrogens with one attached hydrogen (secondary N) is 1. The Morgan fingerprint density at radius 2 is 1.71 bits per heavy atom. The van der Waals surface area contributed by atoms with Crippen molar-refractivity contribution in [3.05, 3.63) is 57.1 Å². The Balaban J connectivity index is 2.41. The van der Waals surface area contributed by atoms with Crippen LogP contribution in [0.1, 0.15) is 16.7 Å². The lowest BCUT2D eigenvalue weighted by Gasteiger charge is -2.12. The van der Waals surface area contributed by atoms with Crippen molar-refractivity contribution in [2.75, 3.05) is 5.32 Å². The van der Waals surface area contributed by atoms with E-state index in [0.717, 1.165) is 15.6 Å². The molecular weight excluding hydrogens is 358 g/mol. The van der Waals surface area contributed by atoms with Crippen LogP contribution in [0.3, 0.4) is 0 Å². The third-order valence-electron chi connectivity index (χ3n) is 3.06. The van der Waals surface area contributed by atoms with Crippen LogP contribution in [0.5, 0.6) is 0 Å². The fourth-order valence-corrected chi connectivity index (χ4v) is 2.40. The van der Waals surface area contributed by atoms with Crippen LogP contribution in [0.25, 0.3) is 0 Å². The molecule has 6 heteroatoms. The molecule has 2 nitrogen and oxygen atoms in total. The smallest absolute Gasteiger partial charge is 0.182 e. The van der Waals surface area contributed by atoms with E-state index in [2.05, 4.69) is 33.5 Å². The molecule has 0 aliphatic carbocycles. The van der Waals surface area contributed by atoms with Gasteiger partial charge in [-0.25, -0.2) is 8.78 Å². The molecular formula is C15H13BrF2N2S. The zero-order valence-corrected chi connectivity index (χ0v) is 13.8. The van der Waals surface area contributed by atoms with Crippen LogP contribution in [0.15, 0.2) is 28.7 Å². The molecule has 0 aromatic heterocycles. The fraction of sp³-hybridized carbons (Fsp3) is 0.133. The van der Waals surface area contributed by atoms with Crippen LogP contribution in [-0.2, 0) is 0 Å². The van der Waals surface area contributed by atoms with Crippen LogP contribution < -0.4 is 11.1 Å². The summed E-state index contributed by atoms with van der Waals surface area (Å²) in [5, 5.41) is 2.87. The molecule has 21 heavy (non-hydrogen) atoms. The Morgan fingerprint density at radius 3 is 2.24 bits per heavy atom. The fourth-order valence-electron chi connectivity index (χ4n) is 2.01. The van der Waals surface area contributed by atoms with Gasteiger partial charge in [-0.1, -0.05) is 28.1 Å². The number of nitrogens with two attached hydrogens (primary N) is 1. The summed E-state index contributed by atoms with van der Waals surface area (Å²) in [6, 6.07) is 6.47. The van der Waals surface area contributed by atoms with Gasteiger partial charge in [0, 0.05) is 15.7 Å². The summed E-state index contributed by atoms with van der Waals surface area (Å²) in [5.74, 6) is -2.04. The zero-order valence-electron chi connectivity index (χ0n) is 11.4. The van der Waals surface area contributed by atoms with Crippen molar-refractivity contribution >= 4 is 44.5 Å². The lowest BCUT2D eigenvalue weighted by molar-refractivity contribution is 0.510. The maximum absolute atomic E-state index is 14.0. The molecule has 0 aliphatic rings. The Morgan fingerprint density at radius 1 is 1.14 bits per heavy atom. The van der Waals surface area contributed by atoms with Crippen molar-refractivity contribution in [1.29, 1.82) is 0 Å². The van der Waals surface area contributed by atoms with Gasteiger partial charge in [-0.3, -0.25) is 0 Å². The highest BCUT2D eigenvalue weighted by Gasteiger charge is 2.15. The molecule has 0 saturated carbocycles. The molecule has 2 aromatic carbocycles. The highest BCUT2D eigenvalue weighted by atomic mass is 79.9. The first-order chi connectivity index (χ1) is 9.81. The van der Waals surface area contributed by atoms with Gasteiger partial charge in [0.25, 0.3) is 0 Å². The molecule has 0 unspecified atom stereocenters. The van der Waals surface area contributed by atoms with Crippen molar-refractivity contribution in [2.45, 2.75) is 13.8 Å². The van der Waals surface area contributed by atoms with E-state index in [4.69, 9.17) is 5.73 Å². The summed E-state index contributed by atoms with van der Waals surface area (Å²) in [6.07, 6.45) is 0. The Labute approximate surface area is 135 Å². The maximum Gasteiger partial charge on any atom is 0.182 e. The molecule has 0 amide bonds. The van der Waals surface area contributed by atoms with Crippen molar-refractivity contribution in [3.8, 4) is 0 Å². The van der Waals surface area contributed by atoms with Crippen LogP contribution in [0, 0.1) is 25.5 Å². The highest BCUT2D eigenvalue weighted by molar-refractivity contribution is 9.10. The standard InChI is InChI=1S/C15H13BrF2N2S/c1-7-5-9(6-8(2)12(7)16)20-11-4-3-10(15(19)21)13(17)14(11)18/h3-6,20H,1-2H3,(H2,19,21). The van der Waals surface area contributed by atoms with Gasteiger partial charge in [-0.2, -0.15) is 0 Å². The molecule has 0 fully saturated rings. The number of halogens is 3. The molecule has 0 radical (unpaired) electrons. The first-order valence-electron chi connectivity index (χ1n) is 6.13. The number of rotatable bonds is 3. The summed E-state index contributed by atoms with van der Waals surface area (Å²) in [4.78, 5) is -0.173. The van der Waals surface area contributed by atoms with Crippen molar-refractivity contribution in [2.24, 2.45) is 5.73 Å². The van der Waals surface area contributed by atoms with Gasteiger partial charge in [-0.05, 0) is 49.2 Å². The SMILES string of the molecule is Cc1cc(Nc2ccc(C(N)=S)c(F)c2F)cc(C)c1Br. The number of benzene rings is 2. The average molecular weight is 371 g/mol. The number of hydrogen-bond donors (Lipinski definition) is 2. The van der Waals surface area contributed by atoms with E-state index in [-0.39, 0.29) is 16.2 Å². The topological polar surface area (TPSA) is 38.0 Å². The van der Waals surface area contributed by atoms with Gasteiger partial charge in [0.1, 0.15) is 4.99 Å². The number of aryl methyl sites for hydroxylation is 2. The molecule has 3 N–H and O–H groups in total. The second-order valence-corrected chi connectivity index (χ2v) is 5.93. The Kier molecular flexibility index (Phi) is 4.58. The highest BCUT2D eigenvalue weighted by Crippen LogP contribution is 2.29. The summed E-state index contributed by atoms with van der Waals surface area (Å²) < 4.78 is 28.9. The first-order valence-corrected chi connectivity index (χ1v) is 7.33. The quantitative estimate of drug-likeness (QED) is 0.767. The van der Waals surface area contributed by atoms with Gasteiger partial charge < -0.3 is 11.1 Å². The van der Waals surface area contributed by atoms with Crippen LogP contribution in [0.2, 0.25) is 0 Å². The van der Waals surface area contributed by atoms with Crippen molar-refractivity contribution in [3.63, 3.8) is 0 Å². The van der Waals surface area contributed by atoms with Crippen LogP contribution in [0.4, 0.5) is 20.2 Å². The van der Waals surface area contributed by atoms with E-state index in [1.165, 1.54) is 12.1 Å². The van der Waals surface area contributed by atoms with E-state index in [1.54, 1.807) is 0 Å². The third kappa shape index (κ3) is 3.22. The number of thiocarbonyl (C=S) groups is 1. The maximum atomic E-state index is 14.0. The molecule has 0 atom stereocenters. The second kappa shape index (κ2) is 6.07. The lowest BCUT2D eigenvalue weighted by Crippen LogP contribution is -2.13. The summed E-state index contributed by atoms with van der Waals surface area (Å²) in [7, 11) is 0. The largest absolute Gasteiger partial charge is 0.389 e. The van der Waals surface area contributed by atoms with Crippen LogP contribution >= 0.6 is 28.1 Å². The van der Waals surface area contributed by atoms with E-state index in [1.807, 2.05) is 26.0 Å². The summed E-state index contributed by atoms with van der Waals surface area (Å²) >= 11 is 8.14. The predicted octanol–water partition coefficient (Wildman–Crippen LogP) is 4.72. The monoisotopic (exact) mass is 370 g/mol. The van der Waals surface area contributed by atoms with E-state index in [0.29, 0.717) is 5.69 Å². The molecule has 0 spiro atoms. The molecule has 0 heterocycles. The molecule has 0 saturated heterocycles. The first kappa shape index (κ1) is 15.9. The molecule has 2 aromatic rings. The minimum Gasteiger partial charge on any atom is -0.389 e. The summed E-state index contributed by atoms with van der Waals surface area (Å²) in [5.41, 5.74) is 7.95. The third-order valence-corrected chi connectivity index (χ3v) is 4.53. The van der Waals surface area contributed by atoms with Crippen LogP contribution in [-0.4, -0.2) is 4.99 Å². The zero-order chi connectivity index (χ0) is 15.7. The minimum absolute atomic E-state index is 0.0358. The van der Waals surface area contributed by atoms with E-state index in [9.17, 15) is 8.78 Å². The second-order valence-electron chi connectivity index (χ2n) is 4.70. The molecule has 110 valence electrons. The Bertz CT molecular complexity index is 709. The van der Waals surface area contributed by atoms with Gasteiger partial charge >= 0.3 is 0 Å². The molecule has 0 aliphatic heterocycles.